The van der Waals surface area contributed by atoms with Gasteiger partial charge in [0.25, 0.3) is 5.91 Å². The Morgan fingerprint density at radius 1 is 1.00 bits per heavy atom. The van der Waals surface area contributed by atoms with Crippen LogP contribution in [0.15, 0.2) is 88.2 Å². The fraction of sp³-hybridized carbons (Fsp3) is 0.120. The van der Waals surface area contributed by atoms with Crippen molar-refractivity contribution in [3.63, 3.8) is 0 Å². The van der Waals surface area contributed by atoms with Gasteiger partial charge in [0.1, 0.15) is 5.76 Å². The van der Waals surface area contributed by atoms with Gasteiger partial charge in [-0.3, -0.25) is 4.79 Å². The van der Waals surface area contributed by atoms with E-state index in [1.54, 1.807) is 23.9 Å². The molecule has 0 aliphatic rings. The number of halogens is 1. The molecular weight excluding hydrogens is 428 g/mol. The first-order valence-corrected chi connectivity index (χ1v) is 11.2. The first-order chi connectivity index (χ1) is 15.1. The number of amides is 1. The maximum absolute atomic E-state index is 12.5. The monoisotopic (exact) mass is 448 g/mol. The van der Waals surface area contributed by atoms with Crippen molar-refractivity contribution >= 4 is 29.3 Å². The molecule has 0 saturated heterocycles. The molecule has 3 aromatic carbocycles. The lowest BCUT2D eigenvalue weighted by Gasteiger charge is -2.07. The van der Waals surface area contributed by atoms with Gasteiger partial charge in [-0.15, -0.1) is 11.8 Å². The summed E-state index contributed by atoms with van der Waals surface area (Å²) >= 11 is 7.87. The predicted molar refractivity (Wildman–Crippen MR) is 125 cm³/mol. The van der Waals surface area contributed by atoms with E-state index in [4.69, 9.17) is 16.0 Å². The molecule has 1 amide bonds. The minimum absolute atomic E-state index is 0.157. The van der Waals surface area contributed by atoms with Gasteiger partial charge in [0, 0.05) is 33.3 Å². The maximum atomic E-state index is 12.5. The van der Waals surface area contributed by atoms with Gasteiger partial charge >= 0.3 is 0 Å². The third-order valence-electron chi connectivity index (χ3n) is 4.80. The number of carbonyl (C=O) groups is 1. The maximum Gasteiger partial charge on any atom is 0.251 e. The van der Waals surface area contributed by atoms with Gasteiger partial charge < -0.3 is 9.73 Å². The van der Waals surface area contributed by atoms with E-state index in [-0.39, 0.29) is 5.91 Å². The number of thioether (sulfide) groups is 1. The molecule has 31 heavy (non-hydrogen) atoms. The van der Waals surface area contributed by atoms with E-state index in [1.165, 1.54) is 4.90 Å². The van der Waals surface area contributed by atoms with Gasteiger partial charge in [-0.25, -0.2) is 4.98 Å². The lowest BCUT2D eigenvalue weighted by molar-refractivity contribution is 0.0951. The van der Waals surface area contributed by atoms with E-state index in [9.17, 15) is 4.79 Å². The van der Waals surface area contributed by atoms with E-state index in [0.29, 0.717) is 23.0 Å². The average Bonchev–Trinajstić information content (AvgIpc) is 3.18. The van der Waals surface area contributed by atoms with Crippen molar-refractivity contribution in [3.05, 3.63) is 106 Å². The zero-order valence-corrected chi connectivity index (χ0v) is 18.5. The highest BCUT2D eigenvalue weighted by Gasteiger charge is 2.13. The van der Waals surface area contributed by atoms with E-state index in [0.717, 1.165) is 28.3 Å². The number of carbonyl (C=O) groups excluding carboxylic acids is 1. The number of hydrogen-bond acceptors (Lipinski definition) is 4. The summed E-state index contributed by atoms with van der Waals surface area (Å²) in [6.07, 6.45) is 0. The Morgan fingerprint density at radius 2 is 1.71 bits per heavy atom. The van der Waals surface area contributed by atoms with Crippen molar-refractivity contribution < 1.29 is 9.21 Å². The van der Waals surface area contributed by atoms with Crippen molar-refractivity contribution in [1.82, 2.24) is 10.3 Å². The summed E-state index contributed by atoms with van der Waals surface area (Å²) in [7, 11) is 0. The Balaban J connectivity index is 1.39. The molecule has 0 radical (unpaired) electrons. The highest BCUT2D eigenvalue weighted by molar-refractivity contribution is 7.98. The van der Waals surface area contributed by atoms with Crippen molar-refractivity contribution in [2.75, 3.05) is 0 Å². The zero-order chi connectivity index (χ0) is 21.6. The molecule has 156 valence electrons. The van der Waals surface area contributed by atoms with E-state index >= 15 is 0 Å². The van der Waals surface area contributed by atoms with Crippen LogP contribution >= 0.6 is 23.4 Å². The number of rotatable bonds is 7. The van der Waals surface area contributed by atoms with Crippen LogP contribution < -0.4 is 5.32 Å². The van der Waals surface area contributed by atoms with Crippen molar-refractivity contribution in [2.24, 2.45) is 0 Å². The number of aryl methyl sites for hydroxylation is 1. The first-order valence-electron chi connectivity index (χ1n) is 9.86. The second-order valence-corrected chi connectivity index (χ2v) is 8.43. The summed E-state index contributed by atoms with van der Waals surface area (Å²) < 4.78 is 5.87. The molecule has 0 unspecified atom stereocenters. The minimum Gasteiger partial charge on any atom is -0.441 e. The van der Waals surface area contributed by atoms with Crippen LogP contribution in [-0.2, 0) is 12.3 Å². The smallest absolute Gasteiger partial charge is 0.251 e. The molecule has 0 aliphatic heterocycles. The minimum atomic E-state index is -0.157. The summed E-state index contributed by atoms with van der Waals surface area (Å²) in [5.41, 5.74) is 3.20. The Kier molecular flexibility index (Phi) is 6.75. The molecule has 1 N–H and O–H groups in total. The van der Waals surface area contributed by atoms with E-state index < -0.39 is 0 Å². The Bertz CT molecular complexity index is 1170. The van der Waals surface area contributed by atoms with Crippen LogP contribution in [-0.4, -0.2) is 10.9 Å². The molecule has 0 fully saturated rings. The lowest BCUT2D eigenvalue weighted by Crippen LogP contribution is -2.22. The van der Waals surface area contributed by atoms with Crippen molar-refractivity contribution in [1.29, 1.82) is 0 Å². The van der Waals surface area contributed by atoms with Crippen molar-refractivity contribution in [2.45, 2.75) is 24.1 Å². The highest BCUT2D eigenvalue weighted by atomic mass is 35.5. The third-order valence-corrected chi connectivity index (χ3v) is 6.19. The number of benzene rings is 3. The number of aromatic nitrogens is 1. The van der Waals surface area contributed by atoms with Crippen molar-refractivity contribution in [3.8, 4) is 11.5 Å². The van der Waals surface area contributed by atoms with E-state index in [1.807, 2.05) is 61.5 Å². The molecule has 0 spiro atoms. The molecule has 0 saturated carbocycles. The Morgan fingerprint density at radius 3 is 2.45 bits per heavy atom. The van der Waals surface area contributed by atoms with Gasteiger partial charge in [0.05, 0.1) is 5.69 Å². The molecule has 4 nitrogen and oxygen atoms in total. The fourth-order valence-electron chi connectivity index (χ4n) is 3.04. The number of nitrogens with one attached hydrogen (secondary N) is 1. The van der Waals surface area contributed by atoms with Crippen LogP contribution in [0.3, 0.4) is 0 Å². The van der Waals surface area contributed by atoms with Gasteiger partial charge in [-0.05, 0) is 55.0 Å². The second-order valence-electron chi connectivity index (χ2n) is 6.98. The van der Waals surface area contributed by atoms with Crippen LogP contribution in [0.4, 0.5) is 0 Å². The molecule has 6 heteroatoms. The summed E-state index contributed by atoms with van der Waals surface area (Å²) in [6.45, 7) is 2.30. The van der Waals surface area contributed by atoms with Gasteiger partial charge in [0.2, 0.25) is 5.89 Å². The molecular formula is C25H21ClN2O2S. The fourth-order valence-corrected chi connectivity index (χ4v) is 4.16. The molecule has 0 bridgehead atoms. The largest absolute Gasteiger partial charge is 0.441 e. The first kappa shape index (κ1) is 21.2. The normalized spacial score (nSPS) is 10.8. The predicted octanol–water partition coefficient (Wildman–Crippen LogP) is 6.53. The number of oxazole rings is 1. The second kappa shape index (κ2) is 9.86. The summed E-state index contributed by atoms with van der Waals surface area (Å²) in [4.78, 5) is 18.3. The Hall–Kier alpha value is -3.02. The van der Waals surface area contributed by atoms with Crippen LogP contribution in [0.5, 0.6) is 0 Å². The van der Waals surface area contributed by atoms with Gasteiger partial charge in [-0.1, -0.05) is 48.0 Å². The molecule has 4 aromatic rings. The molecule has 1 heterocycles. The SMILES string of the molecule is Cc1oc(-c2ccc(C(=O)NCc3ccccc3Cl)cc2)nc1CSc1ccccc1. The van der Waals surface area contributed by atoms with Crippen LogP contribution in [0.1, 0.15) is 27.4 Å². The standard InChI is InChI=1S/C25H21ClN2O2S/c1-17-23(16-31-21-8-3-2-4-9-21)28-25(30-17)19-13-11-18(12-14-19)24(29)27-15-20-7-5-6-10-22(20)26/h2-14H,15-16H2,1H3,(H,27,29). The lowest BCUT2D eigenvalue weighted by atomic mass is 10.1. The summed E-state index contributed by atoms with van der Waals surface area (Å²) in [5, 5.41) is 3.53. The van der Waals surface area contributed by atoms with Crippen LogP contribution in [0.25, 0.3) is 11.5 Å². The molecule has 0 atom stereocenters. The quantitative estimate of drug-likeness (QED) is 0.327. The summed E-state index contributed by atoms with van der Waals surface area (Å²) in [5.74, 6) is 1.95. The molecule has 4 rings (SSSR count). The molecule has 1 aromatic heterocycles. The van der Waals surface area contributed by atoms with Crippen LogP contribution in [0.2, 0.25) is 5.02 Å². The number of hydrogen-bond donors (Lipinski definition) is 1. The van der Waals surface area contributed by atoms with Gasteiger partial charge in [0.15, 0.2) is 0 Å². The number of nitrogens with zero attached hydrogens (tertiary/aromatic N) is 1. The zero-order valence-electron chi connectivity index (χ0n) is 17.0. The van der Waals surface area contributed by atoms with Crippen LogP contribution in [0, 0.1) is 6.92 Å². The van der Waals surface area contributed by atoms with E-state index in [2.05, 4.69) is 22.4 Å². The topological polar surface area (TPSA) is 55.1 Å². The third kappa shape index (κ3) is 5.37. The highest BCUT2D eigenvalue weighted by Crippen LogP contribution is 2.27. The molecule has 0 aliphatic carbocycles. The van der Waals surface area contributed by atoms with Gasteiger partial charge in [-0.2, -0.15) is 0 Å². The Labute approximate surface area is 190 Å². The average molecular weight is 449 g/mol. The summed E-state index contributed by atoms with van der Waals surface area (Å²) in [6, 6.07) is 24.9.